The topological polar surface area (TPSA) is 85.7 Å². The Kier molecular flexibility index (Phi) is 8.50. The number of rotatable bonds is 10. The molecule has 2 amide bonds. The molecule has 0 saturated heterocycles. The summed E-state index contributed by atoms with van der Waals surface area (Å²) in [5, 5.41) is 2.86. The Morgan fingerprint density at radius 1 is 1.08 bits per heavy atom. The highest BCUT2D eigenvalue weighted by Gasteiger charge is 2.22. The Balaban J connectivity index is 1.53. The molecule has 38 heavy (non-hydrogen) atoms. The minimum absolute atomic E-state index is 0.177. The molecule has 0 aliphatic carbocycles. The molecular formula is C28H27ClN4O4S. The first-order valence-corrected chi connectivity index (χ1v) is 12.9. The molecule has 0 aliphatic heterocycles. The van der Waals surface area contributed by atoms with Gasteiger partial charge >= 0.3 is 0 Å². The maximum atomic E-state index is 13.2. The molecule has 10 heteroatoms. The minimum atomic E-state index is -0.390. The van der Waals surface area contributed by atoms with Gasteiger partial charge < -0.3 is 14.4 Å². The summed E-state index contributed by atoms with van der Waals surface area (Å²) in [7, 11) is 3.06. The predicted molar refractivity (Wildman–Crippen MR) is 151 cm³/mol. The molecule has 1 N–H and O–H groups in total. The number of thiophene rings is 1. The fourth-order valence-electron chi connectivity index (χ4n) is 3.83. The monoisotopic (exact) mass is 550 g/mol. The number of amides is 2. The van der Waals surface area contributed by atoms with E-state index in [0.717, 1.165) is 10.6 Å². The van der Waals surface area contributed by atoms with Gasteiger partial charge in [-0.15, -0.1) is 11.3 Å². The fourth-order valence-corrected chi connectivity index (χ4v) is 4.83. The number of carbonyl (C=O) groups is 2. The van der Waals surface area contributed by atoms with Gasteiger partial charge in [-0.05, 0) is 48.9 Å². The summed E-state index contributed by atoms with van der Waals surface area (Å²) in [6.45, 7) is 5.90. The molecule has 2 aromatic carbocycles. The third kappa shape index (κ3) is 5.90. The third-order valence-electron chi connectivity index (χ3n) is 5.81. The lowest BCUT2D eigenvalue weighted by molar-refractivity contribution is -0.129. The number of methoxy groups -OCH3 is 2. The number of likely N-dealkylation sites (N-methyl/N-ethyl adjacent to an activating group) is 1. The van der Waals surface area contributed by atoms with Gasteiger partial charge in [-0.2, -0.15) is 0 Å². The van der Waals surface area contributed by atoms with E-state index in [1.165, 1.54) is 30.5 Å². The van der Waals surface area contributed by atoms with Gasteiger partial charge in [0.15, 0.2) is 11.5 Å². The number of hydrogen-bond acceptors (Lipinski definition) is 6. The number of carbonyl (C=O) groups excluding carboxylic acids is 2. The smallest absolute Gasteiger partial charge is 0.254 e. The second kappa shape index (κ2) is 12.0. The molecule has 196 valence electrons. The van der Waals surface area contributed by atoms with Crippen LogP contribution in [-0.2, 0) is 9.59 Å². The van der Waals surface area contributed by atoms with Crippen molar-refractivity contribution in [3.63, 3.8) is 0 Å². The lowest BCUT2D eigenvalue weighted by Crippen LogP contribution is -2.38. The van der Waals surface area contributed by atoms with Gasteiger partial charge in [0.1, 0.15) is 12.2 Å². The highest BCUT2D eigenvalue weighted by molar-refractivity contribution is 7.19. The average Bonchev–Trinajstić information content (AvgIpc) is 3.57. The van der Waals surface area contributed by atoms with Crippen LogP contribution in [0.3, 0.4) is 0 Å². The van der Waals surface area contributed by atoms with Gasteiger partial charge in [0.25, 0.3) is 5.91 Å². The van der Waals surface area contributed by atoms with Crippen LogP contribution in [0.15, 0.2) is 73.4 Å². The highest BCUT2D eigenvalue weighted by atomic mass is 35.5. The van der Waals surface area contributed by atoms with Gasteiger partial charge in [-0.1, -0.05) is 42.4 Å². The van der Waals surface area contributed by atoms with Crippen LogP contribution in [0.2, 0.25) is 4.34 Å². The standard InChI is InChI=1S/C28H27ClN4O4S/c1-5-32(27(35)18(2)19-11-12-22(36-3)23(15-19)37-4)17-26(34)31-28-30-21(24-13-14-25(29)38-24)16-33(28)20-9-7-6-8-10-20/h6-16H,2,5,17H2,1,3-4H3,(H,30,31,34). The van der Waals surface area contributed by atoms with Crippen molar-refractivity contribution in [2.45, 2.75) is 6.92 Å². The fraction of sp³-hybridized carbons (Fsp3) is 0.179. The summed E-state index contributed by atoms with van der Waals surface area (Å²) in [5.41, 5.74) is 2.31. The first-order valence-electron chi connectivity index (χ1n) is 11.8. The Hall–Kier alpha value is -4.08. The Bertz CT molecular complexity index is 1460. The quantitative estimate of drug-likeness (QED) is 0.253. The number of ether oxygens (including phenoxy) is 2. The zero-order valence-corrected chi connectivity index (χ0v) is 22.8. The second-order valence-corrected chi connectivity index (χ2v) is 9.89. The molecule has 0 atom stereocenters. The average molecular weight is 551 g/mol. The van der Waals surface area contributed by atoms with E-state index >= 15 is 0 Å². The number of nitrogens with one attached hydrogen (secondary N) is 1. The zero-order valence-electron chi connectivity index (χ0n) is 21.2. The van der Waals surface area contributed by atoms with Crippen LogP contribution in [0.5, 0.6) is 11.5 Å². The Morgan fingerprint density at radius 2 is 1.82 bits per heavy atom. The van der Waals surface area contributed by atoms with E-state index in [1.807, 2.05) is 42.6 Å². The van der Waals surface area contributed by atoms with Gasteiger partial charge in [-0.3, -0.25) is 19.5 Å². The van der Waals surface area contributed by atoms with Crippen LogP contribution in [0.1, 0.15) is 12.5 Å². The molecule has 0 fully saturated rings. The van der Waals surface area contributed by atoms with Crippen molar-refractivity contribution in [3.8, 4) is 27.8 Å². The Labute approximate surface area is 230 Å². The normalized spacial score (nSPS) is 10.6. The van der Waals surface area contributed by atoms with E-state index in [9.17, 15) is 9.59 Å². The van der Waals surface area contributed by atoms with Crippen LogP contribution >= 0.6 is 22.9 Å². The maximum absolute atomic E-state index is 13.2. The van der Waals surface area contributed by atoms with E-state index in [4.69, 9.17) is 21.1 Å². The summed E-state index contributed by atoms with van der Waals surface area (Å²) in [4.78, 5) is 33.3. The van der Waals surface area contributed by atoms with Gasteiger partial charge in [0.2, 0.25) is 11.9 Å². The number of benzene rings is 2. The summed E-state index contributed by atoms with van der Waals surface area (Å²) >= 11 is 7.52. The largest absolute Gasteiger partial charge is 0.493 e. The van der Waals surface area contributed by atoms with Crippen molar-refractivity contribution in [2.75, 3.05) is 32.6 Å². The lowest BCUT2D eigenvalue weighted by atomic mass is 10.1. The lowest BCUT2D eigenvalue weighted by Gasteiger charge is -2.22. The van der Waals surface area contributed by atoms with Gasteiger partial charge in [0.05, 0.1) is 23.4 Å². The highest BCUT2D eigenvalue weighted by Crippen LogP contribution is 2.33. The Morgan fingerprint density at radius 3 is 2.45 bits per heavy atom. The van der Waals surface area contributed by atoms with E-state index in [-0.39, 0.29) is 23.9 Å². The molecule has 4 aromatic rings. The van der Waals surface area contributed by atoms with E-state index in [2.05, 4.69) is 16.9 Å². The zero-order chi connectivity index (χ0) is 27.2. The van der Waals surface area contributed by atoms with Crippen molar-refractivity contribution in [1.82, 2.24) is 14.5 Å². The van der Waals surface area contributed by atoms with Gasteiger partial charge in [-0.25, -0.2) is 4.98 Å². The first-order chi connectivity index (χ1) is 18.3. The molecule has 0 unspecified atom stereocenters. The predicted octanol–water partition coefficient (Wildman–Crippen LogP) is 5.77. The van der Waals surface area contributed by atoms with Crippen LogP contribution < -0.4 is 14.8 Å². The SMILES string of the molecule is C=C(C(=O)N(CC)CC(=O)Nc1nc(-c2ccc(Cl)s2)cn1-c1ccccc1)c1ccc(OC)c(OC)c1. The van der Waals surface area contributed by atoms with Crippen molar-refractivity contribution in [3.05, 3.63) is 83.3 Å². The van der Waals surface area contributed by atoms with E-state index < -0.39 is 0 Å². The molecule has 0 saturated carbocycles. The third-order valence-corrected chi connectivity index (χ3v) is 7.06. The number of hydrogen-bond donors (Lipinski definition) is 1. The van der Waals surface area contributed by atoms with Crippen molar-refractivity contribution in [1.29, 1.82) is 0 Å². The van der Waals surface area contributed by atoms with Crippen LogP contribution in [-0.4, -0.2) is 53.6 Å². The summed E-state index contributed by atoms with van der Waals surface area (Å²) in [6, 6.07) is 18.3. The number of anilines is 1. The molecule has 2 aromatic heterocycles. The minimum Gasteiger partial charge on any atom is -0.493 e. The van der Waals surface area contributed by atoms with Crippen molar-refractivity contribution >= 4 is 46.3 Å². The van der Waals surface area contributed by atoms with Crippen molar-refractivity contribution < 1.29 is 19.1 Å². The number of para-hydroxylation sites is 1. The molecule has 0 radical (unpaired) electrons. The van der Waals surface area contributed by atoms with Crippen LogP contribution in [0.25, 0.3) is 21.8 Å². The van der Waals surface area contributed by atoms with Crippen LogP contribution in [0, 0.1) is 0 Å². The summed E-state index contributed by atoms with van der Waals surface area (Å²) in [6.07, 6.45) is 1.84. The molecule has 4 rings (SSSR count). The molecule has 0 aliphatic rings. The first kappa shape index (κ1) is 27.0. The second-order valence-electron chi connectivity index (χ2n) is 8.17. The van der Waals surface area contributed by atoms with E-state index in [1.54, 1.807) is 35.8 Å². The van der Waals surface area contributed by atoms with E-state index in [0.29, 0.717) is 39.6 Å². The number of aromatic nitrogens is 2. The van der Waals surface area contributed by atoms with Crippen molar-refractivity contribution in [2.24, 2.45) is 0 Å². The number of imidazole rings is 1. The molecule has 0 spiro atoms. The molecule has 0 bridgehead atoms. The van der Waals surface area contributed by atoms with Crippen LogP contribution in [0.4, 0.5) is 5.95 Å². The van der Waals surface area contributed by atoms with Gasteiger partial charge in [0, 0.05) is 24.0 Å². The maximum Gasteiger partial charge on any atom is 0.254 e. The summed E-state index contributed by atoms with van der Waals surface area (Å²) < 4.78 is 13.0. The molecule has 8 nitrogen and oxygen atoms in total. The molecule has 2 heterocycles. The molecular weight excluding hydrogens is 524 g/mol. The number of halogens is 1. The summed E-state index contributed by atoms with van der Waals surface area (Å²) in [5.74, 6) is 0.605. The number of nitrogens with zero attached hydrogens (tertiary/aromatic N) is 3.